The number of carbonyl (C=O) groups is 1. The Kier molecular flexibility index (Phi) is 5.63. The summed E-state index contributed by atoms with van der Waals surface area (Å²) >= 11 is 0. The molecule has 0 spiro atoms. The second kappa shape index (κ2) is 7.84. The first kappa shape index (κ1) is 20.8. The summed E-state index contributed by atoms with van der Waals surface area (Å²) in [6.45, 7) is 3.37. The zero-order valence-corrected chi connectivity index (χ0v) is 17.7. The van der Waals surface area contributed by atoms with Gasteiger partial charge in [-0.05, 0) is 36.8 Å². The first-order valence-electron chi connectivity index (χ1n) is 9.18. The lowest BCUT2D eigenvalue weighted by atomic mass is 10.2. The molecule has 0 unspecified atom stereocenters. The van der Waals surface area contributed by atoms with Crippen LogP contribution in [0.3, 0.4) is 0 Å². The normalized spacial score (nSPS) is 11.9. The van der Waals surface area contributed by atoms with Crippen molar-refractivity contribution in [2.45, 2.75) is 18.7 Å². The maximum Gasteiger partial charge on any atom is 0.328 e. The van der Waals surface area contributed by atoms with E-state index in [1.165, 1.54) is 21.3 Å². The Hall–Kier alpha value is -2.91. The van der Waals surface area contributed by atoms with Gasteiger partial charge in [-0.2, -0.15) is 4.31 Å². The summed E-state index contributed by atoms with van der Waals surface area (Å²) in [6, 6.07) is 11.8. The SMILES string of the molecule is CCN(CC(=O)Nc1ccccc1C)S(=O)(=O)c1ccc2c(c1)n(C)c(=O)n2C. The minimum atomic E-state index is -3.91. The van der Waals surface area contributed by atoms with Gasteiger partial charge < -0.3 is 5.32 Å². The van der Waals surface area contributed by atoms with Crippen molar-refractivity contribution < 1.29 is 13.2 Å². The molecule has 0 fully saturated rings. The van der Waals surface area contributed by atoms with E-state index in [-0.39, 0.29) is 23.7 Å². The van der Waals surface area contributed by atoms with E-state index in [0.29, 0.717) is 16.7 Å². The van der Waals surface area contributed by atoms with Gasteiger partial charge in [0.05, 0.1) is 22.5 Å². The molecule has 9 heteroatoms. The number of aryl methyl sites for hydroxylation is 3. The van der Waals surface area contributed by atoms with Crippen molar-refractivity contribution in [3.8, 4) is 0 Å². The van der Waals surface area contributed by atoms with Crippen molar-refractivity contribution in [2.75, 3.05) is 18.4 Å². The van der Waals surface area contributed by atoms with Gasteiger partial charge in [0.2, 0.25) is 15.9 Å². The molecule has 1 amide bonds. The molecule has 0 aliphatic carbocycles. The lowest BCUT2D eigenvalue weighted by Crippen LogP contribution is -2.37. The minimum absolute atomic E-state index is 0.0386. The highest BCUT2D eigenvalue weighted by atomic mass is 32.2. The molecule has 0 bridgehead atoms. The summed E-state index contributed by atoms with van der Waals surface area (Å²) in [7, 11) is -0.689. The lowest BCUT2D eigenvalue weighted by molar-refractivity contribution is -0.116. The van der Waals surface area contributed by atoms with Crippen LogP contribution < -0.4 is 11.0 Å². The number of fused-ring (bicyclic) bond motifs is 1. The number of rotatable bonds is 6. The molecule has 3 rings (SSSR count). The van der Waals surface area contributed by atoms with Crippen LogP contribution >= 0.6 is 0 Å². The molecule has 29 heavy (non-hydrogen) atoms. The fourth-order valence-corrected chi connectivity index (χ4v) is 4.65. The van der Waals surface area contributed by atoms with E-state index in [4.69, 9.17) is 0 Å². The average molecular weight is 417 g/mol. The zero-order valence-electron chi connectivity index (χ0n) is 16.8. The zero-order chi connectivity index (χ0) is 21.3. The van der Waals surface area contributed by atoms with E-state index in [0.717, 1.165) is 9.87 Å². The molecule has 0 aliphatic rings. The van der Waals surface area contributed by atoms with Gasteiger partial charge in [-0.1, -0.05) is 25.1 Å². The number of likely N-dealkylation sites (N-methyl/N-ethyl adjacent to an activating group) is 1. The molecule has 1 heterocycles. The van der Waals surface area contributed by atoms with Crippen molar-refractivity contribution in [1.29, 1.82) is 0 Å². The smallest absolute Gasteiger partial charge is 0.325 e. The van der Waals surface area contributed by atoms with Crippen LogP contribution in [0.4, 0.5) is 5.69 Å². The van der Waals surface area contributed by atoms with Crippen LogP contribution in [0.25, 0.3) is 11.0 Å². The number of anilines is 1. The van der Waals surface area contributed by atoms with Gasteiger partial charge >= 0.3 is 5.69 Å². The van der Waals surface area contributed by atoms with Crippen molar-refractivity contribution in [1.82, 2.24) is 13.4 Å². The Morgan fingerprint density at radius 2 is 1.72 bits per heavy atom. The number of carbonyl (C=O) groups excluding carboxylic acids is 1. The molecule has 0 saturated carbocycles. The fourth-order valence-electron chi connectivity index (χ4n) is 3.23. The largest absolute Gasteiger partial charge is 0.328 e. The van der Waals surface area contributed by atoms with E-state index in [2.05, 4.69) is 5.32 Å². The molecule has 1 aromatic heterocycles. The van der Waals surface area contributed by atoms with Crippen LogP contribution in [0.5, 0.6) is 0 Å². The average Bonchev–Trinajstić information content (AvgIpc) is 2.91. The molecule has 8 nitrogen and oxygen atoms in total. The number of sulfonamides is 1. The highest BCUT2D eigenvalue weighted by Gasteiger charge is 2.26. The highest BCUT2D eigenvalue weighted by molar-refractivity contribution is 7.89. The second-order valence-electron chi connectivity index (χ2n) is 6.85. The number of benzene rings is 2. The third-order valence-corrected chi connectivity index (χ3v) is 6.89. The predicted octanol–water partition coefficient (Wildman–Crippen LogP) is 1.83. The van der Waals surface area contributed by atoms with Crippen LogP contribution in [0.15, 0.2) is 52.2 Å². The van der Waals surface area contributed by atoms with Gasteiger partial charge in [-0.3, -0.25) is 13.9 Å². The molecular formula is C20H24N4O4S. The van der Waals surface area contributed by atoms with Crippen LogP contribution in [0.2, 0.25) is 0 Å². The lowest BCUT2D eigenvalue weighted by Gasteiger charge is -2.20. The number of hydrogen-bond donors (Lipinski definition) is 1. The number of aromatic nitrogens is 2. The molecule has 0 atom stereocenters. The summed E-state index contributed by atoms with van der Waals surface area (Å²) in [5.74, 6) is -0.419. The van der Waals surface area contributed by atoms with Gasteiger partial charge in [0.15, 0.2) is 0 Å². The highest BCUT2D eigenvalue weighted by Crippen LogP contribution is 2.21. The summed E-state index contributed by atoms with van der Waals surface area (Å²) in [4.78, 5) is 24.6. The van der Waals surface area contributed by atoms with Gasteiger partial charge in [-0.25, -0.2) is 13.2 Å². The summed E-state index contributed by atoms with van der Waals surface area (Å²) in [6.07, 6.45) is 0. The van der Waals surface area contributed by atoms with Crippen LogP contribution in [-0.4, -0.2) is 40.9 Å². The molecule has 3 aromatic rings. The van der Waals surface area contributed by atoms with E-state index in [1.807, 2.05) is 19.1 Å². The van der Waals surface area contributed by atoms with Crippen molar-refractivity contribution in [3.05, 3.63) is 58.5 Å². The molecule has 2 aromatic carbocycles. The van der Waals surface area contributed by atoms with Gasteiger partial charge in [0, 0.05) is 26.3 Å². The number of hydrogen-bond acceptors (Lipinski definition) is 4. The van der Waals surface area contributed by atoms with Gasteiger partial charge in [0.1, 0.15) is 0 Å². The Balaban J connectivity index is 1.89. The first-order valence-corrected chi connectivity index (χ1v) is 10.6. The Morgan fingerprint density at radius 3 is 2.38 bits per heavy atom. The summed E-state index contributed by atoms with van der Waals surface area (Å²) in [5.41, 5.74) is 2.45. The quantitative estimate of drug-likeness (QED) is 0.663. The molecule has 0 saturated heterocycles. The molecule has 0 radical (unpaired) electrons. The Labute approximate surface area is 169 Å². The minimum Gasteiger partial charge on any atom is -0.325 e. The maximum absolute atomic E-state index is 13.1. The van der Waals surface area contributed by atoms with Crippen molar-refractivity contribution in [2.24, 2.45) is 14.1 Å². The number of nitrogens with zero attached hydrogens (tertiary/aromatic N) is 3. The Morgan fingerprint density at radius 1 is 1.07 bits per heavy atom. The van der Waals surface area contributed by atoms with Crippen molar-refractivity contribution >= 4 is 32.7 Å². The third-order valence-electron chi connectivity index (χ3n) is 4.97. The molecule has 1 N–H and O–H groups in total. The van der Waals surface area contributed by atoms with E-state index in [9.17, 15) is 18.0 Å². The monoisotopic (exact) mass is 416 g/mol. The van der Waals surface area contributed by atoms with E-state index >= 15 is 0 Å². The van der Waals surface area contributed by atoms with Gasteiger partial charge in [0.25, 0.3) is 0 Å². The molecular weight excluding hydrogens is 392 g/mol. The number of imidazole rings is 1. The van der Waals surface area contributed by atoms with Crippen LogP contribution in [0, 0.1) is 6.92 Å². The van der Waals surface area contributed by atoms with Crippen LogP contribution in [0.1, 0.15) is 12.5 Å². The van der Waals surface area contributed by atoms with E-state index < -0.39 is 15.9 Å². The Bertz CT molecular complexity index is 1240. The standard InChI is InChI=1S/C20H24N4O4S/c1-5-24(13-19(25)21-16-9-7-6-8-14(16)2)29(27,28)15-10-11-17-18(12-15)23(4)20(26)22(17)3/h6-12H,5,13H2,1-4H3,(H,21,25). The fraction of sp³-hybridized carbons (Fsp3) is 0.300. The summed E-state index contributed by atoms with van der Waals surface area (Å²) < 4.78 is 30.2. The van der Waals surface area contributed by atoms with E-state index in [1.54, 1.807) is 39.2 Å². The third kappa shape index (κ3) is 3.83. The van der Waals surface area contributed by atoms with Crippen LogP contribution in [-0.2, 0) is 28.9 Å². The van der Waals surface area contributed by atoms with Gasteiger partial charge in [-0.15, -0.1) is 0 Å². The maximum atomic E-state index is 13.1. The topological polar surface area (TPSA) is 93.4 Å². The molecule has 154 valence electrons. The number of amides is 1. The predicted molar refractivity (Wildman–Crippen MR) is 112 cm³/mol. The first-order chi connectivity index (χ1) is 13.7. The second-order valence-corrected chi connectivity index (χ2v) is 8.78. The number of nitrogens with one attached hydrogen (secondary N) is 1. The van der Waals surface area contributed by atoms with Crippen molar-refractivity contribution in [3.63, 3.8) is 0 Å². The number of para-hydroxylation sites is 1. The summed E-state index contributed by atoms with van der Waals surface area (Å²) in [5, 5.41) is 2.75. The molecule has 0 aliphatic heterocycles.